The summed E-state index contributed by atoms with van der Waals surface area (Å²) >= 11 is 1.25. The maximum absolute atomic E-state index is 12.6. The van der Waals surface area contributed by atoms with Crippen molar-refractivity contribution in [2.75, 3.05) is 34.8 Å². The number of hydrogen-bond donors (Lipinski definition) is 3. The average molecular weight is 455 g/mol. The second kappa shape index (κ2) is 9.55. The van der Waals surface area contributed by atoms with E-state index >= 15 is 0 Å². The molecule has 32 heavy (non-hydrogen) atoms. The van der Waals surface area contributed by atoms with E-state index < -0.39 is 0 Å². The van der Waals surface area contributed by atoms with Gasteiger partial charge in [-0.25, -0.2) is 9.08 Å². The Kier molecular flexibility index (Phi) is 6.39. The van der Waals surface area contributed by atoms with Crippen molar-refractivity contribution in [1.29, 1.82) is 0 Å². The minimum absolute atomic E-state index is 0.134. The summed E-state index contributed by atoms with van der Waals surface area (Å²) in [5.41, 5.74) is 2.41. The highest BCUT2D eigenvalue weighted by Gasteiger charge is 2.16. The van der Waals surface area contributed by atoms with Gasteiger partial charge in [0.25, 0.3) is 5.78 Å². The van der Waals surface area contributed by atoms with E-state index in [1.807, 2.05) is 39.0 Å². The van der Waals surface area contributed by atoms with Crippen LogP contribution in [0.4, 0.5) is 17.6 Å². The third-order valence-corrected chi connectivity index (χ3v) is 5.27. The third-order valence-electron chi connectivity index (χ3n) is 4.34. The number of anilines is 3. The van der Waals surface area contributed by atoms with Crippen molar-refractivity contribution in [3.05, 3.63) is 30.1 Å². The summed E-state index contributed by atoms with van der Waals surface area (Å²) in [7, 11) is 0. The number of nitrogens with zero attached hydrogens (tertiary/aromatic N) is 9. The topological polar surface area (TPSA) is 153 Å². The first-order valence-corrected chi connectivity index (χ1v) is 10.9. The van der Waals surface area contributed by atoms with E-state index in [0.717, 1.165) is 11.3 Å². The number of fused-ring (bicyclic) bond motifs is 1. The number of benzene rings is 1. The third kappa shape index (κ3) is 4.59. The molecule has 4 aromatic rings. The van der Waals surface area contributed by atoms with Crippen LogP contribution in [0.2, 0.25) is 0 Å². The molecule has 4 rings (SSSR count). The highest BCUT2D eigenvalue weighted by molar-refractivity contribution is 7.99. The predicted octanol–water partition coefficient (Wildman–Crippen LogP) is 1.40. The number of aromatic nitrogens is 9. The number of carbonyl (C=O) groups is 1. The molecule has 0 fully saturated rings. The number of hydrogen-bond acceptors (Lipinski definition) is 11. The van der Waals surface area contributed by atoms with Crippen molar-refractivity contribution in [2.45, 2.75) is 25.9 Å². The van der Waals surface area contributed by atoms with Crippen LogP contribution >= 0.6 is 11.8 Å². The fourth-order valence-corrected chi connectivity index (χ4v) is 3.66. The first-order chi connectivity index (χ1) is 15.6. The SMILES string of the molecule is CCNc1nc(NCC)n2c(SCC(=O)Nc3ccc(C)c(-n4cnnn4)c3)nnc2n1. The first kappa shape index (κ1) is 21.4. The zero-order chi connectivity index (χ0) is 22.5. The molecule has 0 unspecified atom stereocenters. The van der Waals surface area contributed by atoms with Crippen LogP contribution in [0.3, 0.4) is 0 Å². The van der Waals surface area contributed by atoms with E-state index in [-0.39, 0.29) is 11.7 Å². The fourth-order valence-electron chi connectivity index (χ4n) is 2.93. The van der Waals surface area contributed by atoms with Gasteiger partial charge in [0, 0.05) is 18.8 Å². The second-order valence-electron chi connectivity index (χ2n) is 6.64. The summed E-state index contributed by atoms with van der Waals surface area (Å²) in [5.74, 6) is 1.38. The molecule has 0 radical (unpaired) electrons. The number of amides is 1. The Hall–Kier alpha value is -3.81. The Labute approximate surface area is 187 Å². The van der Waals surface area contributed by atoms with Gasteiger partial charge in [0.2, 0.25) is 17.8 Å². The minimum atomic E-state index is -0.187. The molecule has 0 saturated heterocycles. The summed E-state index contributed by atoms with van der Waals surface area (Å²) in [5, 5.41) is 29.2. The minimum Gasteiger partial charge on any atom is -0.355 e. The number of carbonyl (C=O) groups excluding carboxylic acids is 1. The Balaban J connectivity index is 1.48. The van der Waals surface area contributed by atoms with Crippen molar-refractivity contribution in [3.8, 4) is 5.69 Å². The van der Waals surface area contributed by atoms with E-state index in [1.54, 1.807) is 9.08 Å². The molecule has 3 heterocycles. The molecule has 1 amide bonds. The van der Waals surface area contributed by atoms with Gasteiger partial charge in [0.15, 0.2) is 5.16 Å². The lowest BCUT2D eigenvalue weighted by Crippen LogP contribution is -2.15. The van der Waals surface area contributed by atoms with Crippen LogP contribution in [0, 0.1) is 6.92 Å². The van der Waals surface area contributed by atoms with Gasteiger partial charge in [-0.15, -0.1) is 15.3 Å². The quantitative estimate of drug-likeness (QED) is 0.314. The van der Waals surface area contributed by atoms with Crippen molar-refractivity contribution < 1.29 is 4.79 Å². The van der Waals surface area contributed by atoms with Crippen LogP contribution in [0.1, 0.15) is 19.4 Å². The van der Waals surface area contributed by atoms with E-state index in [1.165, 1.54) is 18.1 Å². The molecule has 0 aliphatic heterocycles. The normalized spacial score (nSPS) is 11.0. The number of rotatable bonds is 9. The molecule has 1 aromatic carbocycles. The van der Waals surface area contributed by atoms with E-state index in [9.17, 15) is 4.79 Å². The van der Waals surface area contributed by atoms with Gasteiger partial charge in [-0.3, -0.25) is 4.79 Å². The highest BCUT2D eigenvalue weighted by Crippen LogP contribution is 2.22. The standard InChI is InChI=1S/C18H22N12OS/c1-4-19-15-23-16(20-5-2)30-17(24-15)25-26-18(30)32-9-14(31)22-12-7-6-11(3)13(8-12)29-10-21-27-28-29/h6-8,10H,4-5,9H2,1-3H3,(H,22,31)(H2,19,20,23,24,25). The van der Waals surface area contributed by atoms with Crippen molar-refractivity contribution in [2.24, 2.45) is 0 Å². The van der Waals surface area contributed by atoms with E-state index in [2.05, 4.69) is 51.6 Å². The molecule has 0 atom stereocenters. The van der Waals surface area contributed by atoms with Crippen molar-refractivity contribution in [3.63, 3.8) is 0 Å². The molecule has 13 nitrogen and oxygen atoms in total. The molecule has 166 valence electrons. The summed E-state index contributed by atoms with van der Waals surface area (Å²) in [6.07, 6.45) is 1.51. The summed E-state index contributed by atoms with van der Waals surface area (Å²) in [4.78, 5) is 21.4. The van der Waals surface area contributed by atoms with Crippen LogP contribution in [0.25, 0.3) is 11.5 Å². The van der Waals surface area contributed by atoms with Gasteiger partial charge in [-0.05, 0) is 48.9 Å². The van der Waals surface area contributed by atoms with Crippen LogP contribution in [0.15, 0.2) is 29.7 Å². The first-order valence-electron chi connectivity index (χ1n) is 9.96. The molecule has 0 aliphatic carbocycles. The molecular formula is C18H22N12OS. The van der Waals surface area contributed by atoms with Gasteiger partial charge in [0.05, 0.1) is 11.4 Å². The number of thioether (sulfide) groups is 1. The van der Waals surface area contributed by atoms with Crippen LogP contribution in [-0.4, -0.2) is 69.5 Å². The monoisotopic (exact) mass is 454 g/mol. The number of tetrazole rings is 1. The molecular weight excluding hydrogens is 432 g/mol. The van der Waals surface area contributed by atoms with E-state index in [4.69, 9.17) is 0 Å². The largest absolute Gasteiger partial charge is 0.355 e. The Bertz CT molecular complexity index is 1220. The van der Waals surface area contributed by atoms with Crippen molar-refractivity contribution >= 4 is 41.0 Å². The molecule has 0 spiro atoms. The second-order valence-corrected chi connectivity index (χ2v) is 7.58. The number of nitrogens with one attached hydrogen (secondary N) is 3. The van der Waals surface area contributed by atoms with Gasteiger partial charge < -0.3 is 16.0 Å². The zero-order valence-corrected chi connectivity index (χ0v) is 18.6. The lowest BCUT2D eigenvalue weighted by Gasteiger charge is -2.10. The van der Waals surface area contributed by atoms with Crippen LogP contribution in [0.5, 0.6) is 0 Å². The highest BCUT2D eigenvalue weighted by atomic mass is 32.2. The summed E-state index contributed by atoms with van der Waals surface area (Å²) in [6, 6.07) is 5.55. The smallest absolute Gasteiger partial charge is 0.261 e. The van der Waals surface area contributed by atoms with Crippen molar-refractivity contribution in [1.82, 2.24) is 44.8 Å². The molecule has 0 saturated carbocycles. The molecule has 14 heteroatoms. The maximum Gasteiger partial charge on any atom is 0.261 e. The van der Waals surface area contributed by atoms with E-state index in [0.29, 0.717) is 41.6 Å². The molecule has 3 N–H and O–H groups in total. The predicted molar refractivity (Wildman–Crippen MR) is 120 cm³/mol. The Morgan fingerprint density at radius 2 is 1.97 bits per heavy atom. The molecule has 3 aromatic heterocycles. The maximum atomic E-state index is 12.6. The van der Waals surface area contributed by atoms with Gasteiger partial charge in [0.1, 0.15) is 6.33 Å². The lowest BCUT2D eigenvalue weighted by molar-refractivity contribution is -0.113. The average Bonchev–Trinajstić information content (AvgIpc) is 3.44. The summed E-state index contributed by atoms with van der Waals surface area (Å²) in [6.45, 7) is 7.23. The molecule has 0 bridgehead atoms. The lowest BCUT2D eigenvalue weighted by atomic mass is 10.2. The van der Waals surface area contributed by atoms with Gasteiger partial charge in [-0.1, -0.05) is 17.8 Å². The van der Waals surface area contributed by atoms with Gasteiger partial charge in [-0.2, -0.15) is 9.97 Å². The number of aryl methyl sites for hydroxylation is 1. The zero-order valence-electron chi connectivity index (χ0n) is 17.8. The molecule has 0 aliphatic rings. The van der Waals surface area contributed by atoms with Gasteiger partial charge >= 0.3 is 0 Å². The van der Waals surface area contributed by atoms with Crippen LogP contribution < -0.4 is 16.0 Å². The summed E-state index contributed by atoms with van der Waals surface area (Å²) < 4.78 is 3.25. The Morgan fingerprint density at radius 3 is 2.72 bits per heavy atom. The van der Waals surface area contributed by atoms with Crippen LogP contribution in [-0.2, 0) is 4.79 Å². The Morgan fingerprint density at radius 1 is 1.12 bits per heavy atom. The fraction of sp³-hybridized carbons (Fsp3) is 0.333.